The third-order valence-corrected chi connectivity index (χ3v) is 5.33. The summed E-state index contributed by atoms with van der Waals surface area (Å²) in [4.78, 5) is 10.4. The van der Waals surface area contributed by atoms with Crippen molar-refractivity contribution in [3.63, 3.8) is 0 Å². The standard InChI is InChI=1S/C17H15ClN6O4S/c1-23-11-12(10-20-23)9-19-21-16-7-6-15(8-17(16)24(25)26)29(27,28)22-14-4-2-13(18)3-5-14/h2-11,21-22H,1H3. The quantitative estimate of drug-likeness (QED) is 0.333. The number of hydrogen-bond acceptors (Lipinski definition) is 7. The summed E-state index contributed by atoms with van der Waals surface area (Å²) in [5.74, 6) is 0. The normalized spacial score (nSPS) is 11.5. The van der Waals surface area contributed by atoms with E-state index in [0.29, 0.717) is 10.6 Å². The number of aryl methyl sites for hydroxylation is 1. The molecule has 1 aromatic heterocycles. The average molecular weight is 435 g/mol. The first-order valence-electron chi connectivity index (χ1n) is 8.09. The van der Waals surface area contributed by atoms with E-state index >= 15 is 0 Å². The van der Waals surface area contributed by atoms with Gasteiger partial charge in [-0.15, -0.1) is 0 Å². The highest BCUT2D eigenvalue weighted by molar-refractivity contribution is 7.92. The number of nitrogens with zero attached hydrogens (tertiary/aromatic N) is 4. The SMILES string of the molecule is Cn1cc(C=NNc2ccc(S(=O)(=O)Nc3ccc(Cl)cc3)cc2[N+](=O)[O-])cn1. The fraction of sp³-hybridized carbons (Fsp3) is 0.0588. The van der Waals surface area contributed by atoms with Crippen molar-refractivity contribution in [2.75, 3.05) is 10.1 Å². The number of nitrogens with one attached hydrogen (secondary N) is 2. The van der Waals surface area contributed by atoms with Crippen LogP contribution in [0.1, 0.15) is 5.56 Å². The second-order valence-electron chi connectivity index (χ2n) is 5.87. The molecule has 150 valence electrons. The molecular weight excluding hydrogens is 420 g/mol. The van der Waals surface area contributed by atoms with Gasteiger partial charge in [0.1, 0.15) is 5.69 Å². The summed E-state index contributed by atoms with van der Waals surface area (Å²) in [6.07, 6.45) is 4.71. The van der Waals surface area contributed by atoms with Gasteiger partial charge in [-0.1, -0.05) is 11.6 Å². The van der Waals surface area contributed by atoms with Gasteiger partial charge in [0.05, 0.1) is 22.2 Å². The lowest BCUT2D eigenvalue weighted by molar-refractivity contribution is -0.384. The molecule has 0 radical (unpaired) electrons. The van der Waals surface area contributed by atoms with E-state index < -0.39 is 20.6 Å². The van der Waals surface area contributed by atoms with Crippen LogP contribution in [0.2, 0.25) is 5.02 Å². The van der Waals surface area contributed by atoms with Gasteiger partial charge in [-0.05, 0) is 36.4 Å². The van der Waals surface area contributed by atoms with Crippen LogP contribution >= 0.6 is 11.6 Å². The van der Waals surface area contributed by atoms with Crippen molar-refractivity contribution < 1.29 is 13.3 Å². The summed E-state index contributed by atoms with van der Waals surface area (Å²) >= 11 is 5.78. The van der Waals surface area contributed by atoms with E-state index in [1.807, 2.05) is 0 Å². The van der Waals surface area contributed by atoms with Gasteiger partial charge in [-0.25, -0.2) is 8.42 Å². The maximum atomic E-state index is 12.5. The topological polar surface area (TPSA) is 132 Å². The lowest BCUT2D eigenvalue weighted by atomic mass is 10.3. The number of halogens is 1. The van der Waals surface area contributed by atoms with E-state index in [1.54, 1.807) is 24.1 Å². The lowest BCUT2D eigenvalue weighted by Crippen LogP contribution is -2.13. The van der Waals surface area contributed by atoms with E-state index in [-0.39, 0.29) is 16.3 Å². The molecule has 0 aliphatic carbocycles. The van der Waals surface area contributed by atoms with Crippen LogP contribution in [0.3, 0.4) is 0 Å². The Morgan fingerprint density at radius 2 is 1.97 bits per heavy atom. The van der Waals surface area contributed by atoms with Crippen molar-refractivity contribution in [2.45, 2.75) is 4.90 Å². The third kappa shape index (κ3) is 5.09. The van der Waals surface area contributed by atoms with Crippen molar-refractivity contribution in [2.24, 2.45) is 12.1 Å². The van der Waals surface area contributed by atoms with Gasteiger partial charge >= 0.3 is 0 Å². The van der Waals surface area contributed by atoms with Crippen LogP contribution in [0.25, 0.3) is 0 Å². The van der Waals surface area contributed by atoms with Gasteiger partial charge in [0.25, 0.3) is 15.7 Å². The van der Waals surface area contributed by atoms with Gasteiger partial charge in [-0.3, -0.25) is 24.9 Å². The Bertz CT molecular complexity index is 1170. The Morgan fingerprint density at radius 3 is 2.59 bits per heavy atom. The molecule has 0 saturated carbocycles. The predicted molar refractivity (Wildman–Crippen MR) is 110 cm³/mol. The zero-order valence-corrected chi connectivity index (χ0v) is 16.6. The van der Waals surface area contributed by atoms with Gasteiger partial charge in [0, 0.05) is 35.6 Å². The minimum atomic E-state index is -4.03. The number of anilines is 2. The summed E-state index contributed by atoms with van der Waals surface area (Å²) in [6.45, 7) is 0. The first kappa shape index (κ1) is 20.3. The number of nitro benzene ring substituents is 1. The molecule has 0 unspecified atom stereocenters. The Hall–Kier alpha value is -3.44. The van der Waals surface area contributed by atoms with Gasteiger partial charge in [0.2, 0.25) is 0 Å². The van der Waals surface area contributed by atoms with E-state index in [0.717, 1.165) is 6.07 Å². The molecule has 0 aliphatic rings. The molecule has 0 atom stereocenters. The Morgan fingerprint density at radius 1 is 1.24 bits per heavy atom. The van der Waals surface area contributed by atoms with Crippen LogP contribution < -0.4 is 10.1 Å². The smallest absolute Gasteiger partial charge is 0.280 e. The average Bonchev–Trinajstić information content (AvgIpc) is 3.08. The highest BCUT2D eigenvalue weighted by Crippen LogP contribution is 2.28. The van der Waals surface area contributed by atoms with E-state index in [2.05, 4.69) is 20.3 Å². The highest BCUT2D eigenvalue weighted by atomic mass is 35.5. The molecule has 10 nitrogen and oxygen atoms in total. The molecule has 3 aromatic rings. The summed E-state index contributed by atoms with van der Waals surface area (Å²) in [5.41, 5.74) is 3.12. The molecule has 0 bridgehead atoms. The molecule has 0 saturated heterocycles. The Balaban J connectivity index is 1.83. The first-order chi connectivity index (χ1) is 13.7. The zero-order chi connectivity index (χ0) is 21.0. The van der Waals surface area contributed by atoms with Crippen LogP contribution in [-0.4, -0.2) is 29.3 Å². The van der Waals surface area contributed by atoms with Crippen molar-refractivity contribution in [1.29, 1.82) is 0 Å². The first-order valence-corrected chi connectivity index (χ1v) is 9.95. The second kappa shape index (κ2) is 8.29. The monoisotopic (exact) mass is 434 g/mol. The van der Waals surface area contributed by atoms with E-state index in [9.17, 15) is 18.5 Å². The fourth-order valence-corrected chi connectivity index (χ4v) is 3.54. The molecular formula is C17H15ClN6O4S. The van der Waals surface area contributed by atoms with E-state index in [1.165, 1.54) is 42.6 Å². The molecule has 29 heavy (non-hydrogen) atoms. The Labute approximate surface area is 171 Å². The maximum absolute atomic E-state index is 12.5. The second-order valence-corrected chi connectivity index (χ2v) is 7.98. The minimum absolute atomic E-state index is 0.0422. The van der Waals surface area contributed by atoms with Crippen molar-refractivity contribution >= 4 is 44.9 Å². The predicted octanol–water partition coefficient (Wildman–Crippen LogP) is 3.23. The van der Waals surface area contributed by atoms with Gasteiger partial charge in [-0.2, -0.15) is 10.2 Å². The molecule has 2 N–H and O–H groups in total. The molecule has 2 aromatic carbocycles. The van der Waals surface area contributed by atoms with Crippen LogP contribution in [0.15, 0.2) is 64.9 Å². The van der Waals surface area contributed by atoms with Gasteiger partial charge in [0.15, 0.2) is 0 Å². The van der Waals surface area contributed by atoms with Crippen molar-refractivity contribution in [3.8, 4) is 0 Å². The fourth-order valence-electron chi connectivity index (χ4n) is 2.34. The van der Waals surface area contributed by atoms with Crippen molar-refractivity contribution in [1.82, 2.24) is 9.78 Å². The number of benzene rings is 2. The summed E-state index contributed by atoms with van der Waals surface area (Å²) in [7, 11) is -2.29. The zero-order valence-electron chi connectivity index (χ0n) is 15.0. The lowest BCUT2D eigenvalue weighted by Gasteiger charge is -2.09. The van der Waals surface area contributed by atoms with Gasteiger partial charge < -0.3 is 0 Å². The van der Waals surface area contributed by atoms with Crippen molar-refractivity contribution in [3.05, 3.63) is 75.6 Å². The molecule has 12 heteroatoms. The summed E-state index contributed by atoms with van der Waals surface area (Å²) in [5, 5.41) is 19.8. The highest BCUT2D eigenvalue weighted by Gasteiger charge is 2.21. The number of aromatic nitrogens is 2. The van der Waals surface area contributed by atoms with Crippen LogP contribution in [0.4, 0.5) is 17.1 Å². The molecule has 0 aliphatic heterocycles. The largest absolute Gasteiger partial charge is 0.295 e. The molecule has 0 spiro atoms. The number of rotatable bonds is 7. The molecule has 1 heterocycles. The maximum Gasteiger partial charge on any atom is 0.295 e. The minimum Gasteiger partial charge on any atom is -0.280 e. The number of hydrogen-bond donors (Lipinski definition) is 2. The van der Waals surface area contributed by atoms with E-state index in [4.69, 9.17) is 11.6 Å². The number of hydrazone groups is 1. The number of sulfonamides is 1. The summed E-state index contributed by atoms with van der Waals surface area (Å²) < 4.78 is 29.0. The van der Waals surface area contributed by atoms with Crippen LogP contribution in [0.5, 0.6) is 0 Å². The number of nitro groups is 1. The Kier molecular flexibility index (Phi) is 5.80. The van der Waals surface area contributed by atoms with Crippen LogP contribution in [-0.2, 0) is 17.1 Å². The molecule has 0 fully saturated rings. The van der Waals surface area contributed by atoms with Crippen LogP contribution in [0, 0.1) is 10.1 Å². The molecule has 3 rings (SSSR count). The molecule has 0 amide bonds. The third-order valence-electron chi connectivity index (χ3n) is 3.70. The summed E-state index contributed by atoms with van der Waals surface area (Å²) in [6, 6.07) is 9.49.